The Labute approximate surface area is 100 Å². The van der Waals surface area contributed by atoms with E-state index in [2.05, 4.69) is 26.1 Å². The molecule has 92 valence electrons. The Morgan fingerprint density at radius 3 is 2.38 bits per heavy atom. The Kier molecular flexibility index (Phi) is 2.58. The van der Waals surface area contributed by atoms with Crippen LogP contribution in [0.5, 0.6) is 0 Å². The van der Waals surface area contributed by atoms with Crippen LogP contribution in [-0.2, 0) is 0 Å². The molecule has 3 fully saturated rings. The van der Waals surface area contributed by atoms with Crippen LogP contribution in [0.1, 0.15) is 52.9 Å². The van der Waals surface area contributed by atoms with Crippen molar-refractivity contribution < 1.29 is 0 Å². The summed E-state index contributed by atoms with van der Waals surface area (Å²) in [5, 5.41) is 3.83. The molecule has 2 bridgehead atoms. The van der Waals surface area contributed by atoms with E-state index in [9.17, 15) is 0 Å². The number of rotatable bonds is 4. The van der Waals surface area contributed by atoms with Crippen molar-refractivity contribution in [2.45, 2.75) is 58.9 Å². The van der Waals surface area contributed by atoms with Gasteiger partial charge in [0, 0.05) is 6.04 Å². The zero-order valence-corrected chi connectivity index (χ0v) is 11.1. The van der Waals surface area contributed by atoms with Crippen LogP contribution in [0, 0.1) is 29.1 Å². The topological polar surface area (TPSA) is 12.0 Å². The third-order valence-corrected chi connectivity index (χ3v) is 6.39. The van der Waals surface area contributed by atoms with Crippen LogP contribution < -0.4 is 5.32 Å². The van der Waals surface area contributed by atoms with Gasteiger partial charge in [-0.15, -0.1) is 0 Å². The van der Waals surface area contributed by atoms with Gasteiger partial charge in [-0.3, -0.25) is 0 Å². The molecule has 0 saturated heterocycles. The van der Waals surface area contributed by atoms with Crippen LogP contribution in [0.3, 0.4) is 0 Å². The van der Waals surface area contributed by atoms with Crippen molar-refractivity contribution in [3.8, 4) is 0 Å². The van der Waals surface area contributed by atoms with Crippen molar-refractivity contribution in [2.24, 2.45) is 29.1 Å². The molecule has 1 nitrogen and oxygen atoms in total. The highest BCUT2D eigenvalue weighted by Crippen LogP contribution is 2.70. The van der Waals surface area contributed by atoms with Gasteiger partial charge in [-0.05, 0) is 67.7 Å². The highest BCUT2D eigenvalue weighted by Gasteiger charge is 2.68. The summed E-state index contributed by atoms with van der Waals surface area (Å²) in [6, 6.07) is 0.854. The van der Waals surface area contributed by atoms with Crippen LogP contribution in [0.2, 0.25) is 0 Å². The standard InChI is InChI=1S/C15H27N/c1-4-15(5-2)13-11-8-7-10(9-11)12(13)14(15)16-6-3/h10-14,16H,4-9H2,1-3H3. The molecule has 3 saturated carbocycles. The van der Waals surface area contributed by atoms with E-state index in [1.807, 2.05) is 0 Å². The Bertz CT molecular complexity index is 269. The molecule has 1 N–H and O–H groups in total. The van der Waals surface area contributed by atoms with E-state index in [0.717, 1.165) is 36.3 Å². The lowest BCUT2D eigenvalue weighted by Gasteiger charge is -2.64. The van der Waals surface area contributed by atoms with Crippen molar-refractivity contribution in [2.75, 3.05) is 6.54 Å². The zero-order chi connectivity index (χ0) is 11.3. The molecule has 0 aromatic rings. The number of fused-ring (bicyclic) bond motifs is 5. The molecule has 0 aliphatic heterocycles. The largest absolute Gasteiger partial charge is 0.313 e. The van der Waals surface area contributed by atoms with Gasteiger partial charge in [0.15, 0.2) is 0 Å². The van der Waals surface area contributed by atoms with Gasteiger partial charge in [0.1, 0.15) is 0 Å². The molecule has 0 heterocycles. The fourth-order valence-electron chi connectivity index (χ4n) is 5.86. The molecular formula is C15H27N. The molecule has 0 radical (unpaired) electrons. The second kappa shape index (κ2) is 3.73. The van der Waals surface area contributed by atoms with Gasteiger partial charge in [-0.25, -0.2) is 0 Å². The molecular weight excluding hydrogens is 194 g/mol. The van der Waals surface area contributed by atoms with Crippen molar-refractivity contribution in [1.29, 1.82) is 0 Å². The normalized spacial score (nSPS) is 47.8. The molecule has 0 aromatic heterocycles. The maximum absolute atomic E-state index is 3.83. The lowest BCUT2D eigenvalue weighted by atomic mass is 9.44. The van der Waals surface area contributed by atoms with Crippen LogP contribution >= 0.6 is 0 Å². The lowest BCUT2D eigenvalue weighted by molar-refractivity contribution is -0.124. The third-order valence-electron chi connectivity index (χ3n) is 6.39. The monoisotopic (exact) mass is 221 g/mol. The SMILES string of the molecule is CCNC1C2C3CCC(C3)C2C1(CC)CC. The van der Waals surface area contributed by atoms with Crippen LogP contribution in [0.15, 0.2) is 0 Å². The Morgan fingerprint density at radius 1 is 1.06 bits per heavy atom. The summed E-state index contributed by atoms with van der Waals surface area (Å²) < 4.78 is 0. The number of nitrogens with one attached hydrogen (secondary N) is 1. The first kappa shape index (κ1) is 11.1. The third kappa shape index (κ3) is 1.11. The molecule has 1 heteroatoms. The van der Waals surface area contributed by atoms with Gasteiger partial charge >= 0.3 is 0 Å². The first-order chi connectivity index (χ1) is 7.78. The fourth-order valence-corrected chi connectivity index (χ4v) is 5.86. The van der Waals surface area contributed by atoms with Crippen molar-refractivity contribution in [3.05, 3.63) is 0 Å². The lowest BCUT2D eigenvalue weighted by Crippen LogP contribution is -2.67. The summed E-state index contributed by atoms with van der Waals surface area (Å²) in [5.41, 5.74) is 0.667. The van der Waals surface area contributed by atoms with Gasteiger partial charge in [0.05, 0.1) is 0 Å². The Morgan fingerprint density at radius 2 is 1.75 bits per heavy atom. The average molecular weight is 221 g/mol. The van der Waals surface area contributed by atoms with E-state index in [1.165, 1.54) is 19.3 Å². The van der Waals surface area contributed by atoms with Crippen LogP contribution in [0.4, 0.5) is 0 Å². The maximum atomic E-state index is 3.83. The minimum absolute atomic E-state index is 0.667. The first-order valence-electron chi connectivity index (χ1n) is 7.51. The van der Waals surface area contributed by atoms with Gasteiger partial charge in [0.25, 0.3) is 0 Å². The summed E-state index contributed by atoms with van der Waals surface area (Å²) in [6.07, 6.45) is 7.44. The van der Waals surface area contributed by atoms with Crippen molar-refractivity contribution in [1.82, 2.24) is 5.32 Å². The molecule has 3 rings (SSSR count). The second-order valence-corrected chi connectivity index (χ2v) is 6.41. The molecule has 5 unspecified atom stereocenters. The highest BCUT2D eigenvalue weighted by atomic mass is 15.0. The predicted octanol–water partition coefficient (Wildman–Crippen LogP) is 3.45. The van der Waals surface area contributed by atoms with Crippen LogP contribution in [-0.4, -0.2) is 12.6 Å². The molecule has 0 aromatic carbocycles. The van der Waals surface area contributed by atoms with E-state index in [0.29, 0.717) is 5.41 Å². The summed E-state index contributed by atoms with van der Waals surface area (Å²) in [5.74, 6) is 4.33. The highest BCUT2D eigenvalue weighted by molar-refractivity contribution is 5.19. The molecule has 16 heavy (non-hydrogen) atoms. The van der Waals surface area contributed by atoms with E-state index in [-0.39, 0.29) is 0 Å². The first-order valence-corrected chi connectivity index (χ1v) is 7.51. The number of hydrogen-bond donors (Lipinski definition) is 1. The maximum Gasteiger partial charge on any atom is 0.0160 e. The average Bonchev–Trinajstić information content (AvgIpc) is 2.86. The van der Waals surface area contributed by atoms with E-state index in [1.54, 1.807) is 12.8 Å². The van der Waals surface area contributed by atoms with Gasteiger partial charge in [-0.1, -0.05) is 20.8 Å². The van der Waals surface area contributed by atoms with E-state index >= 15 is 0 Å². The Hall–Kier alpha value is -0.0400. The number of hydrogen-bond acceptors (Lipinski definition) is 1. The summed E-state index contributed by atoms with van der Waals surface area (Å²) >= 11 is 0. The molecule has 5 atom stereocenters. The molecule has 0 spiro atoms. The van der Waals surface area contributed by atoms with Crippen LogP contribution in [0.25, 0.3) is 0 Å². The summed E-state index contributed by atoms with van der Waals surface area (Å²) in [7, 11) is 0. The molecule has 0 amide bonds. The Balaban J connectivity index is 1.87. The smallest absolute Gasteiger partial charge is 0.0160 e. The second-order valence-electron chi connectivity index (χ2n) is 6.41. The van der Waals surface area contributed by atoms with E-state index < -0.39 is 0 Å². The zero-order valence-electron chi connectivity index (χ0n) is 11.1. The summed E-state index contributed by atoms with van der Waals surface area (Å²) in [4.78, 5) is 0. The minimum Gasteiger partial charge on any atom is -0.313 e. The molecule has 3 aliphatic carbocycles. The van der Waals surface area contributed by atoms with Gasteiger partial charge in [-0.2, -0.15) is 0 Å². The van der Waals surface area contributed by atoms with Crippen molar-refractivity contribution in [3.63, 3.8) is 0 Å². The summed E-state index contributed by atoms with van der Waals surface area (Å²) in [6.45, 7) is 8.29. The predicted molar refractivity (Wildman–Crippen MR) is 68.3 cm³/mol. The van der Waals surface area contributed by atoms with Gasteiger partial charge < -0.3 is 5.32 Å². The van der Waals surface area contributed by atoms with Crippen molar-refractivity contribution >= 4 is 0 Å². The molecule has 3 aliphatic rings. The van der Waals surface area contributed by atoms with E-state index in [4.69, 9.17) is 0 Å². The quantitative estimate of drug-likeness (QED) is 0.767. The fraction of sp³-hybridized carbons (Fsp3) is 1.00. The van der Waals surface area contributed by atoms with Gasteiger partial charge in [0.2, 0.25) is 0 Å². The minimum atomic E-state index is 0.667.